The van der Waals surface area contributed by atoms with Gasteiger partial charge >= 0.3 is 0 Å². The van der Waals surface area contributed by atoms with E-state index in [4.69, 9.17) is 0 Å². The van der Waals surface area contributed by atoms with Crippen LogP contribution in [0.25, 0.3) is 0 Å². The van der Waals surface area contributed by atoms with Gasteiger partial charge in [-0.25, -0.2) is 0 Å². The molecule has 1 unspecified atom stereocenters. The standard InChI is InChI=1S/C19H22N4O4/c1-2-20-12-9-22(10-12)8-11-4-3-5-13-16(11)19(27)23(18(13)26)14-6-7-15(24)21-17(14)25/h3-5,12,14,20H,2,6-10H2,1H3,(H,21,24,25). The van der Waals surface area contributed by atoms with Gasteiger partial charge in [-0.05, 0) is 24.6 Å². The van der Waals surface area contributed by atoms with Crippen molar-refractivity contribution in [1.82, 2.24) is 20.4 Å². The van der Waals surface area contributed by atoms with Crippen molar-refractivity contribution in [3.05, 3.63) is 34.9 Å². The molecule has 0 aromatic heterocycles. The van der Waals surface area contributed by atoms with Crippen molar-refractivity contribution >= 4 is 23.6 Å². The summed E-state index contributed by atoms with van der Waals surface area (Å²) in [4.78, 5) is 52.6. The molecule has 1 aromatic carbocycles. The van der Waals surface area contributed by atoms with E-state index in [2.05, 4.69) is 22.5 Å². The fraction of sp³-hybridized carbons (Fsp3) is 0.474. The molecule has 142 valence electrons. The van der Waals surface area contributed by atoms with Crippen molar-refractivity contribution in [2.75, 3.05) is 19.6 Å². The molecule has 4 amide bonds. The molecular formula is C19H22N4O4. The predicted molar refractivity (Wildman–Crippen MR) is 95.9 cm³/mol. The number of carbonyl (C=O) groups is 4. The Bertz CT molecular complexity index is 831. The van der Waals surface area contributed by atoms with Crippen molar-refractivity contribution in [1.29, 1.82) is 0 Å². The van der Waals surface area contributed by atoms with Gasteiger partial charge in [0.25, 0.3) is 11.8 Å². The van der Waals surface area contributed by atoms with Gasteiger partial charge in [0.2, 0.25) is 11.8 Å². The highest BCUT2D eigenvalue weighted by Crippen LogP contribution is 2.31. The normalized spacial score (nSPS) is 23.4. The van der Waals surface area contributed by atoms with Crippen molar-refractivity contribution in [2.45, 2.75) is 38.4 Å². The first kappa shape index (κ1) is 17.8. The van der Waals surface area contributed by atoms with Gasteiger partial charge in [0.1, 0.15) is 6.04 Å². The Kier molecular flexibility index (Phi) is 4.53. The first-order chi connectivity index (χ1) is 13.0. The summed E-state index contributed by atoms with van der Waals surface area (Å²) in [7, 11) is 0. The quantitative estimate of drug-likeness (QED) is 0.702. The van der Waals surface area contributed by atoms with Crippen LogP contribution in [0.3, 0.4) is 0 Å². The number of nitrogens with zero attached hydrogens (tertiary/aromatic N) is 2. The van der Waals surface area contributed by atoms with E-state index in [1.807, 2.05) is 6.07 Å². The zero-order valence-electron chi connectivity index (χ0n) is 15.2. The van der Waals surface area contributed by atoms with E-state index in [0.717, 1.165) is 30.1 Å². The minimum absolute atomic E-state index is 0.121. The van der Waals surface area contributed by atoms with E-state index in [0.29, 0.717) is 23.7 Å². The number of imide groups is 2. The smallest absolute Gasteiger partial charge is 0.262 e. The first-order valence-electron chi connectivity index (χ1n) is 9.28. The number of benzene rings is 1. The average molecular weight is 370 g/mol. The van der Waals surface area contributed by atoms with Crippen LogP contribution >= 0.6 is 0 Å². The number of piperidine rings is 1. The number of hydrogen-bond acceptors (Lipinski definition) is 6. The molecule has 1 atom stereocenters. The van der Waals surface area contributed by atoms with Crippen molar-refractivity contribution in [3.8, 4) is 0 Å². The van der Waals surface area contributed by atoms with E-state index < -0.39 is 23.8 Å². The van der Waals surface area contributed by atoms with Gasteiger partial charge in [-0.2, -0.15) is 0 Å². The lowest BCUT2D eigenvalue weighted by molar-refractivity contribution is -0.136. The molecule has 8 nitrogen and oxygen atoms in total. The highest BCUT2D eigenvalue weighted by atomic mass is 16.2. The topological polar surface area (TPSA) is 98.8 Å². The summed E-state index contributed by atoms with van der Waals surface area (Å²) in [5.41, 5.74) is 1.53. The fourth-order valence-electron chi connectivity index (χ4n) is 4.07. The van der Waals surface area contributed by atoms with Crippen LogP contribution in [0.1, 0.15) is 46.0 Å². The molecule has 0 spiro atoms. The van der Waals surface area contributed by atoms with E-state index in [9.17, 15) is 19.2 Å². The number of hydrogen-bond donors (Lipinski definition) is 2. The molecule has 3 heterocycles. The van der Waals surface area contributed by atoms with Crippen LogP contribution < -0.4 is 10.6 Å². The van der Waals surface area contributed by atoms with Gasteiger partial charge in [0, 0.05) is 32.1 Å². The molecule has 3 aliphatic heterocycles. The summed E-state index contributed by atoms with van der Waals surface area (Å²) in [6.45, 7) is 5.38. The first-order valence-corrected chi connectivity index (χ1v) is 9.28. The van der Waals surface area contributed by atoms with Gasteiger partial charge in [-0.1, -0.05) is 19.1 Å². The number of likely N-dealkylation sites (tertiary alicyclic amines) is 1. The Morgan fingerprint density at radius 3 is 2.63 bits per heavy atom. The fourth-order valence-corrected chi connectivity index (χ4v) is 4.07. The number of amides is 4. The summed E-state index contributed by atoms with van der Waals surface area (Å²) >= 11 is 0. The molecule has 27 heavy (non-hydrogen) atoms. The van der Waals surface area contributed by atoms with Gasteiger partial charge in [0.05, 0.1) is 11.1 Å². The largest absolute Gasteiger partial charge is 0.312 e. The average Bonchev–Trinajstić information content (AvgIpc) is 2.85. The van der Waals surface area contributed by atoms with Crippen LogP contribution in [0.15, 0.2) is 18.2 Å². The molecule has 0 saturated carbocycles. The zero-order valence-corrected chi connectivity index (χ0v) is 15.2. The van der Waals surface area contributed by atoms with Crippen LogP contribution in [0.5, 0.6) is 0 Å². The van der Waals surface area contributed by atoms with Crippen LogP contribution in [0, 0.1) is 0 Å². The molecule has 1 aromatic rings. The van der Waals surface area contributed by atoms with Crippen molar-refractivity contribution in [3.63, 3.8) is 0 Å². The number of likely N-dealkylation sites (N-methyl/N-ethyl adjacent to an activating group) is 1. The highest BCUT2D eigenvalue weighted by molar-refractivity contribution is 6.24. The van der Waals surface area contributed by atoms with E-state index >= 15 is 0 Å². The van der Waals surface area contributed by atoms with E-state index in [-0.39, 0.29) is 18.7 Å². The van der Waals surface area contributed by atoms with Crippen molar-refractivity contribution < 1.29 is 19.2 Å². The Morgan fingerprint density at radius 2 is 1.93 bits per heavy atom. The molecule has 3 aliphatic rings. The molecular weight excluding hydrogens is 348 g/mol. The second kappa shape index (κ2) is 6.86. The number of carbonyl (C=O) groups excluding carboxylic acids is 4. The minimum atomic E-state index is -0.926. The summed E-state index contributed by atoms with van der Waals surface area (Å²) in [5, 5.41) is 5.60. The third-order valence-corrected chi connectivity index (χ3v) is 5.40. The molecule has 2 fully saturated rings. The molecule has 2 saturated heterocycles. The Labute approximate surface area is 156 Å². The lowest BCUT2D eigenvalue weighted by Gasteiger charge is -2.39. The van der Waals surface area contributed by atoms with Crippen LogP contribution in [0.2, 0.25) is 0 Å². The highest BCUT2D eigenvalue weighted by Gasteiger charge is 2.45. The second-order valence-corrected chi connectivity index (χ2v) is 7.24. The van der Waals surface area contributed by atoms with Gasteiger partial charge in [-0.3, -0.25) is 34.3 Å². The van der Waals surface area contributed by atoms with Gasteiger partial charge in [0.15, 0.2) is 0 Å². The number of rotatable bonds is 5. The molecule has 0 radical (unpaired) electrons. The Morgan fingerprint density at radius 1 is 1.15 bits per heavy atom. The molecule has 8 heteroatoms. The SMILES string of the molecule is CCNC1CN(Cc2cccc3c2C(=O)N(C2CCC(=O)NC2=O)C3=O)C1. The van der Waals surface area contributed by atoms with Crippen LogP contribution in [-0.2, 0) is 16.1 Å². The number of nitrogens with one attached hydrogen (secondary N) is 2. The third-order valence-electron chi connectivity index (χ3n) is 5.40. The zero-order chi connectivity index (χ0) is 19.1. The lowest BCUT2D eigenvalue weighted by atomic mass is 10.00. The molecule has 4 rings (SSSR count). The third kappa shape index (κ3) is 3.04. The molecule has 0 aliphatic carbocycles. The van der Waals surface area contributed by atoms with E-state index in [1.54, 1.807) is 12.1 Å². The second-order valence-electron chi connectivity index (χ2n) is 7.24. The maximum atomic E-state index is 13.0. The van der Waals surface area contributed by atoms with E-state index in [1.165, 1.54) is 0 Å². The van der Waals surface area contributed by atoms with Gasteiger partial charge < -0.3 is 5.32 Å². The maximum Gasteiger partial charge on any atom is 0.262 e. The summed E-state index contributed by atoms with van der Waals surface area (Å²) in [6.07, 6.45) is 0.290. The summed E-state index contributed by atoms with van der Waals surface area (Å²) in [6, 6.07) is 4.80. The van der Waals surface area contributed by atoms with Gasteiger partial charge in [-0.15, -0.1) is 0 Å². The molecule has 0 bridgehead atoms. The monoisotopic (exact) mass is 370 g/mol. The lowest BCUT2D eigenvalue weighted by Crippen LogP contribution is -2.57. The Hall–Kier alpha value is -2.58. The van der Waals surface area contributed by atoms with Crippen LogP contribution in [0.4, 0.5) is 0 Å². The van der Waals surface area contributed by atoms with Crippen LogP contribution in [-0.4, -0.2) is 65.1 Å². The van der Waals surface area contributed by atoms with Crippen molar-refractivity contribution in [2.24, 2.45) is 0 Å². The predicted octanol–water partition coefficient (Wildman–Crippen LogP) is -0.118. The minimum Gasteiger partial charge on any atom is -0.312 e. The summed E-state index contributed by atoms with van der Waals surface area (Å²) < 4.78 is 0. The molecule has 2 N–H and O–H groups in total. The Balaban J connectivity index is 1.55. The maximum absolute atomic E-state index is 13.0. The number of fused-ring (bicyclic) bond motifs is 1. The summed E-state index contributed by atoms with van der Waals surface area (Å²) in [5.74, 6) is -1.86.